The summed E-state index contributed by atoms with van der Waals surface area (Å²) in [6.45, 7) is 2.36. The fourth-order valence-electron chi connectivity index (χ4n) is 5.85. The van der Waals surface area contributed by atoms with E-state index in [0.29, 0.717) is 31.2 Å². The van der Waals surface area contributed by atoms with Crippen molar-refractivity contribution in [3.63, 3.8) is 0 Å². The van der Waals surface area contributed by atoms with Gasteiger partial charge in [-0.2, -0.15) is 18.3 Å². The van der Waals surface area contributed by atoms with E-state index in [-0.39, 0.29) is 23.1 Å². The monoisotopic (exact) mass is 551 g/mol. The molecule has 1 aromatic carbocycles. The number of β-amino-alcohol motifs (C(OH)–C–C–N with tert-alkyl or cyclic N) is 1. The van der Waals surface area contributed by atoms with Gasteiger partial charge in [0.25, 0.3) is 5.91 Å². The number of amides is 1. The lowest BCUT2D eigenvalue weighted by atomic mass is 9.80. The van der Waals surface area contributed by atoms with Crippen molar-refractivity contribution in [3.05, 3.63) is 64.9 Å². The highest BCUT2D eigenvalue weighted by Gasteiger charge is 2.36. The Morgan fingerprint density at radius 1 is 1.18 bits per heavy atom. The van der Waals surface area contributed by atoms with Crippen molar-refractivity contribution in [2.75, 3.05) is 13.1 Å². The second-order valence-corrected chi connectivity index (χ2v) is 10.5. The largest absolute Gasteiger partial charge is 0.419 e. The van der Waals surface area contributed by atoms with Gasteiger partial charge >= 0.3 is 6.18 Å². The first-order chi connectivity index (χ1) is 18.5. The summed E-state index contributed by atoms with van der Waals surface area (Å²) in [5.74, 6) is -1.90. The number of nitrogens with zero attached hydrogens (tertiary/aromatic N) is 4. The molecule has 0 radical (unpaired) electrons. The zero-order chi connectivity index (χ0) is 27.9. The maximum absolute atomic E-state index is 14.6. The third kappa shape index (κ3) is 5.62. The van der Waals surface area contributed by atoms with Crippen LogP contribution in [0.2, 0.25) is 0 Å². The van der Waals surface area contributed by atoms with Crippen LogP contribution in [0, 0.1) is 5.82 Å². The summed E-state index contributed by atoms with van der Waals surface area (Å²) in [7, 11) is 0. The van der Waals surface area contributed by atoms with Crippen molar-refractivity contribution in [2.24, 2.45) is 0 Å². The van der Waals surface area contributed by atoms with Crippen LogP contribution in [-0.2, 0) is 6.18 Å². The summed E-state index contributed by atoms with van der Waals surface area (Å²) >= 11 is 0. The lowest BCUT2D eigenvalue weighted by molar-refractivity contribution is -0.140. The predicted molar refractivity (Wildman–Crippen MR) is 132 cm³/mol. The Morgan fingerprint density at radius 3 is 2.62 bits per heavy atom. The number of fused-ring (bicyclic) bond motifs is 1. The molecular formula is C27H30F5N5O2. The van der Waals surface area contributed by atoms with Gasteiger partial charge in [-0.1, -0.05) is 12.1 Å². The Labute approximate surface area is 222 Å². The van der Waals surface area contributed by atoms with Gasteiger partial charge in [-0.25, -0.2) is 18.3 Å². The highest BCUT2D eigenvalue weighted by Crippen LogP contribution is 2.38. The molecule has 1 aliphatic heterocycles. The summed E-state index contributed by atoms with van der Waals surface area (Å²) in [6, 6.07) is 3.94. The standard InChI is InChI=1S/C27H30F5N5O2/c1-15(19-3-2-4-21(24(19)29)27(30,31)32)35-26(39)17-11-20(25-33-14-34-37(25)12-17)16-5-7-18(8-6-16)36-10-9-22(28)23(38)13-36/h2-4,11-12,14-16,18,22-23,38H,5-10,13H2,1H3,(H,35,39)/t15-,16?,18?,22?,23-/m1/s1. The fraction of sp³-hybridized carbons (Fsp3) is 0.519. The number of likely N-dealkylation sites (tertiary alicyclic amines) is 1. The van der Waals surface area contributed by atoms with E-state index in [2.05, 4.69) is 20.3 Å². The molecule has 7 nitrogen and oxygen atoms in total. The number of carbonyl (C=O) groups is 1. The summed E-state index contributed by atoms with van der Waals surface area (Å²) in [5.41, 5.74) is 0.0317. The van der Waals surface area contributed by atoms with Gasteiger partial charge in [0, 0.05) is 36.5 Å². The van der Waals surface area contributed by atoms with E-state index in [4.69, 9.17) is 0 Å². The van der Waals surface area contributed by atoms with E-state index in [1.807, 2.05) is 0 Å². The number of carbonyl (C=O) groups excluding carboxylic acids is 1. The summed E-state index contributed by atoms with van der Waals surface area (Å²) in [4.78, 5) is 19.7. The van der Waals surface area contributed by atoms with Gasteiger partial charge in [-0.3, -0.25) is 9.69 Å². The minimum atomic E-state index is -4.85. The minimum Gasteiger partial charge on any atom is -0.389 e. The molecule has 3 heterocycles. The van der Waals surface area contributed by atoms with Crippen LogP contribution in [0.3, 0.4) is 0 Å². The number of alkyl halides is 4. The van der Waals surface area contributed by atoms with E-state index in [9.17, 15) is 31.9 Å². The average molecular weight is 552 g/mol. The van der Waals surface area contributed by atoms with E-state index >= 15 is 0 Å². The van der Waals surface area contributed by atoms with Gasteiger partial charge in [0.05, 0.1) is 23.3 Å². The number of rotatable bonds is 5. The van der Waals surface area contributed by atoms with Crippen LogP contribution < -0.4 is 5.32 Å². The molecule has 2 N–H and O–H groups in total. The highest BCUT2D eigenvalue weighted by molar-refractivity contribution is 5.94. The van der Waals surface area contributed by atoms with Crippen LogP contribution in [0.4, 0.5) is 22.0 Å². The second kappa shape index (κ2) is 10.8. The maximum Gasteiger partial charge on any atom is 0.419 e. The Morgan fingerprint density at radius 2 is 1.92 bits per heavy atom. The number of halogens is 5. The van der Waals surface area contributed by atoms with Crippen LogP contribution in [-0.4, -0.2) is 61.9 Å². The molecule has 3 aromatic rings. The van der Waals surface area contributed by atoms with Crippen LogP contribution in [0.25, 0.3) is 5.65 Å². The topological polar surface area (TPSA) is 82.8 Å². The van der Waals surface area contributed by atoms with Crippen molar-refractivity contribution in [3.8, 4) is 0 Å². The van der Waals surface area contributed by atoms with Gasteiger partial charge in [-0.05, 0) is 57.1 Å². The smallest absolute Gasteiger partial charge is 0.389 e. The number of aromatic nitrogens is 3. The lowest BCUT2D eigenvalue weighted by Crippen LogP contribution is -2.50. The Kier molecular flexibility index (Phi) is 7.60. The number of benzene rings is 1. The average Bonchev–Trinajstić information content (AvgIpc) is 3.38. The summed E-state index contributed by atoms with van der Waals surface area (Å²) in [6.07, 6.45) is -0.505. The number of pyridine rings is 1. The minimum absolute atomic E-state index is 0.0858. The SMILES string of the molecule is C[C@@H](NC(=O)c1cc(C2CCC(N3CCC(F)[C@H](O)C3)CC2)c2ncnn2c1)c1cccc(C(F)(F)F)c1F. The van der Waals surface area contributed by atoms with Crippen molar-refractivity contribution in [1.82, 2.24) is 24.8 Å². The van der Waals surface area contributed by atoms with Gasteiger partial charge in [0.2, 0.25) is 0 Å². The molecule has 1 saturated heterocycles. The number of hydrogen-bond donors (Lipinski definition) is 2. The zero-order valence-electron chi connectivity index (χ0n) is 21.3. The van der Waals surface area contributed by atoms with E-state index in [0.717, 1.165) is 37.3 Å². The second-order valence-electron chi connectivity index (χ2n) is 10.5. The van der Waals surface area contributed by atoms with Crippen molar-refractivity contribution in [2.45, 2.75) is 75.5 Å². The molecule has 210 valence electrons. The third-order valence-electron chi connectivity index (χ3n) is 8.00. The van der Waals surface area contributed by atoms with Crippen LogP contribution in [0.1, 0.15) is 78.0 Å². The summed E-state index contributed by atoms with van der Waals surface area (Å²) in [5, 5.41) is 16.7. The summed E-state index contributed by atoms with van der Waals surface area (Å²) < 4.78 is 69.3. The van der Waals surface area contributed by atoms with Crippen LogP contribution in [0.5, 0.6) is 0 Å². The van der Waals surface area contributed by atoms with Crippen molar-refractivity contribution >= 4 is 11.6 Å². The van der Waals surface area contributed by atoms with E-state index in [1.165, 1.54) is 30.0 Å². The van der Waals surface area contributed by atoms with E-state index < -0.39 is 41.8 Å². The first-order valence-electron chi connectivity index (χ1n) is 13.1. The number of piperidine rings is 1. The van der Waals surface area contributed by atoms with Gasteiger partial charge in [0.1, 0.15) is 18.3 Å². The number of nitrogens with one attached hydrogen (secondary N) is 1. The molecule has 1 unspecified atom stereocenters. The molecule has 5 rings (SSSR count). The third-order valence-corrected chi connectivity index (χ3v) is 8.00. The lowest BCUT2D eigenvalue weighted by Gasteiger charge is -2.41. The van der Waals surface area contributed by atoms with Crippen LogP contribution in [0.15, 0.2) is 36.8 Å². The maximum atomic E-state index is 14.6. The molecule has 2 aliphatic rings. The fourth-order valence-corrected chi connectivity index (χ4v) is 5.85. The quantitative estimate of drug-likeness (QED) is 0.445. The Hall–Kier alpha value is -3.12. The van der Waals surface area contributed by atoms with Gasteiger partial charge < -0.3 is 10.4 Å². The molecule has 3 atom stereocenters. The van der Waals surface area contributed by atoms with Crippen molar-refractivity contribution < 1.29 is 31.9 Å². The normalized spacial score (nSPS) is 25.5. The van der Waals surface area contributed by atoms with E-state index in [1.54, 1.807) is 6.07 Å². The molecule has 39 heavy (non-hydrogen) atoms. The number of hydrogen-bond acceptors (Lipinski definition) is 5. The Bertz CT molecular complexity index is 1340. The molecule has 0 bridgehead atoms. The first kappa shape index (κ1) is 27.4. The first-order valence-corrected chi connectivity index (χ1v) is 13.1. The Balaban J connectivity index is 1.32. The van der Waals surface area contributed by atoms with Gasteiger partial charge in [-0.15, -0.1) is 0 Å². The van der Waals surface area contributed by atoms with Crippen LogP contribution >= 0.6 is 0 Å². The number of aliphatic hydroxyl groups is 1. The molecule has 12 heteroatoms. The molecule has 1 saturated carbocycles. The molecular weight excluding hydrogens is 521 g/mol. The highest BCUT2D eigenvalue weighted by atomic mass is 19.4. The zero-order valence-corrected chi connectivity index (χ0v) is 21.3. The molecule has 2 fully saturated rings. The molecule has 2 aromatic heterocycles. The van der Waals surface area contributed by atoms with Crippen molar-refractivity contribution in [1.29, 1.82) is 0 Å². The molecule has 1 amide bonds. The van der Waals surface area contributed by atoms with Gasteiger partial charge in [0.15, 0.2) is 5.65 Å². The molecule has 1 aliphatic carbocycles. The number of aliphatic hydroxyl groups excluding tert-OH is 1. The predicted octanol–water partition coefficient (Wildman–Crippen LogP) is 4.81. The molecule has 0 spiro atoms.